The summed E-state index contributed by atoms with van der Waals surface area (Å²) in [6, 6.07) is 5.49. The Bertz CT molecular complexity index is 470. The number of hydrogen-bond acceptors (Lipinski definition) is 3. The van der Waals surface area contributed by atoms with Crippen molar-refractivity contribution in [3.63, 3.8) is 0 Å². The summed E-state index contributed by atoms with van der Waals surface area (Å²) >= 11 is 0. The molecule has 1 saturated heterocycles. The molecule has 2 atom stereocenters. The van der Waals surface area contributed by atoms with Crippen molar-refractivity contribution < 1.29 is 14.3 Å². The van der Waals surface area contributed by atoms with Gasteiger partial charge in [0.1, 0.15) is 5.82 Å². The van der Waals surface area contributed by atoms with E-state index in [0.29, 0.717) is 5.56 Å². The van der Waals surface area contributed by atoms with Crippen molar-refractivity contribution in [2.75, 3.05) is 19.6 Å². The molecule has 1 amide bonds. The molecule has 1 aromatic carbocycles. The van der Waals surface area contributed by atoms with Crippen molar-refractivity contribution in [2.24, 2.45) is 0 Å². The minimum Gasteiger partial charge on any atom is -0.387 e. The average molecular weight is 308 g/mol. The summed E-state index contributed by atoms with van der Waals surface area (Å²) in [4.78, 5) is 14.4. The van der Waals surface area contributed by atoms with E-state index in [1.54, 1.807) is 0 Å². The van der Waals surface area contributed by atoms with Crippen molar-refractivity contribution in [3.05, 3.63) is 35.6 Å². The molecule has 5 heteroatoms. The molecule has 1 aromatic rings. The Morgan fingerprint density at radius 1 is 1.23 bits per heavy atom. The number of nitrogens with zero attached hydrogens (tertiary/aromatic N) is 1. The first-order chi connectivity index (χ1) is 10.6. The van der Waals surface area contributed by atoms with Gasteiger partial charge in [-0.15, -0.1) is 0 Å². The third-order valence-corrected chi connectivity index (χ3v) is 4.29. The van der Waals surface area contributed by atoms with Crippen LogP contribution < -0.4 is 5.32 Å². The Morgan fingerprint density at radius 3 is 2.41 bits per heavy atom. The van der Waals surface area contributed by atoms with Gasteiger partial charge in [-0.1, -0.05) is 25.0 Å². The number of aliphatic hydroxyl groups is 1. The molecule has 2 N–H and O–H groups in total. The quantitative estimate of drug-likeness (QED) is 0.877. The molecule has 0 aliphatic carbocycles. The van der Waals surface area contributed by atoms with Gasteiger partial charge in [0, 0.05) is 6.54 Å². The van der Waals surface area contributed by atoms with Crippen LogP contribution in [0, 0.1) is 5.82 Å². The van der Waals surface area contributed by atoms with E-state index < -0.39 is 6.10 Å². The summed E-state index contributed by atoms with van der Waals surface area (Å²) in [6.07, 6.45) is 3.91. The van der Waals surface area contributed by atoms with Gasteiger partial charge < -0.3 is 10.4 Å². The van der Waals surface area contributed by atoms with Crippen LogP contribution >= 0.6 is 0 Å². The molecule has 1 heterocycles. The fraction of sp³-hybridized carbons (Fsp3) is 0.588. The lowest BCUT2D eigenvalue weighted by atomic mass is 10.1. The molecule has 1 aliphatic rings. The summed E-state index contributed by atoms with van der Waals surface area (Å²) in [5, 5.41) is 12.8. The molecule has 0 saturated carbocycles. The Balaban J connectivity index is 1.82. The van der Waals surface area contributed by atoms with Crippen molar-refractivity contribution >= 4 is 5.91 Å². The van der Waals surface area contributed by atoms with Gasteiger partial charge in [0.15, 0.2) is 0 Å². The minimum atomic E-state index is -0.819. The fourth-order valence-corrected chi connectivity index (χ4v) is 2.80. The van der Waals surface area contributed by atoms with Gasteiger partial charge >= 0.3 is 0 Å². The van der Waals surface area contributed by atoms with E-state index in [9.17, 15) is 14.3 Å². The highest BCUT2D eigenvalue weighted by Crippen LogP contribution is 2.14. The lowest BCUT2D eigenvalue weighted by Gasteiger charge is -2.27. The number of halogens is 1. The van der Waals surface area contributed by atoms with Gasteiger partial charge in [-0.3, -0.25) is 9.69 Å². The summed E-state index contributed by atoms with van der Waals surface area (Å²) in [6.45, 7) is 3.96. The maximum absolute atomic E-state index is 12.9. The number of rotatable bonds is 5. The van der Waals surface area contributed by atoms with Crippen molar-refractivity contribution in [2.45, 2.75) is 44.8 Å². The van der Waals surface area contributed by atoms with E-state index in [4.69, 9.17) is 0 Å². The predicted molar refractivity (Wildman–Crippen MR) is 83.9 cm³/mol. The molecule has 2 rings (SSSR count). The van der Waals surface area contributed by atoms with Crippen LogP contribution in [0.5, 0.6) is 0 Å². The van der Waals surface area contributed by atoms with Crippen LogP contribution in [0.1, 0.15) is 44.3 Å². The number of carbonyl (C=O) groups excluding carboxylic acids is 1. The standard InChI is InChI=1S/C17H25FN2O2/c1-13(20-10-4-2-3-5-11-20)17(22)19-12-16(21)14-6-8-15(18)9-7-14/h6-9,13,16,21H,2-5,10-12H2,1H3,(H,19,22). The maximum Gasteiger partial charge on any atom is 0.237 e. The molecule has 0 radical (unpaired) electrons. The second-order valence-corrected chi connectivity index (χ2v) is 5.94. The lowest BCUT2D eigenvalue weighted by Crippen LogP contribution is -2.46. The SMILES string of the molecule is CC(C(=O)NCC(O)c1ccc(F)cc1)N1CCCCCC1. The molecule has 0 bridgehead atoms. The van der Waals surface area contributed by atoms with E-state index in [1.807, 2.05) is 6.92 Å². The summed E-state index contributed by atoms with van der Waals surface area (Å²) in [7, 11) is 0. The third kappa shape index (κ3) is 4.78. The van der Waals surface area contributed by atoms with E-state index >= 15 is 0 Å². The Kier molecular flexibility index (Phi) is 6.34. The molecule has 2 unspecified atom stereocenters. The van der Waals surface area contributed by atoms with E-state index in [2.05, 4.69) is 10.2 Å². The van der Waals surface area contributed by atoms with Crippen molar-refractivity contribution in [1.82, 2.24) is 10.2 Å². The molecule has 22 heavy (non-hydrogen) atoms. The van der Waals surface area contributed by atoms with Gasteiger partial charge in [-0.25, -0.2) is 4.39 Å². The van der Waals surface area contributed by atoms with Gasteiger partial charge in [0.2, 0.25) is 5.91 Å². The number of likely N-dealkylation sites (tertiary alicyclic amines) is 1. The number of nitrogens with one attached hydrogen (secondary N) is 1. The van der Waals surface area contributed by atoms with Crippen LogP contribution in [0.25, 0.3) is 0 Å². The highest BCUT2D eigenvalue weighted by molar-refractivity contribution is 5.81. The van der Waals surface area contributed by atoms with Gasteiger partial charge in [0.25, 0.3) is 0 Å². The topological polar surface area (TPSA) is 52.6 Å². The first kappa shape index (κ1) is 16.9. The Labute approximate surface area is 131 Å². The largest absolute Gasteiger partial charge is 0.387 e. The van der Waals surface area contributed by atoms with E-state index in [0.717, 1.165) is 25.9 Å². The van der Waals surface area contributed by atoms with Crippen molar-refractivity contribution in [1.29, 1.82) is 0 Å². The monoisotopic (exact) mass is 308 g/mol. The average Bonchev–Trinajstić information content (AvgIpc) is 2.81. The van der Waals surface area contributed by atoms with Crippen LogP contribution in [0.15, 0.2) is 24.3 Å². The molecular formula is C17H25FN2O2. The second kappa shape index (κ2) is 8.25. The Hall–Kier alpha value is -1.46. The van der Waals surface area contributed by atoms with Crippen LogP contribution in [0.3, 0.4) is 0 Å². The Morgan fingerprint density at radius 2 is 1.82 bits per heavy atom. The summed E-state index contributed by atoms with van der Waals surface area (Å²) in [5.41, 5.74) is 0.601. The smallest absolute Gasteiger partial charge is 0.237 e. The zero-order valence-corrected chi connectivity index (χ0v) is 13.1. The highest BCUT2D eigenvalue weighted by atomic mass is 19.1. The third-order valence-electron chi connectivity index (χ3n) is 4.29. The number of amides is 1. The van der Waals surface area contributed by atoms with Gasteiger partial charge in [-0.05, 0) is 50.6 Å². The van der Waals surface area contributed by atoms with Crippen LogP contribution in [-0.4, -0.2) is 41.6 Å². The molecule has 122 valence electrons. The van der Waals surface area contributed by atoms with Gasteiger partial charge in [-0.2, -0.15) is 0 Å². The van der Waals surface area contributed by atoms with Crippen LogP contribution in [0.2, 0.25) is 0 Å². The molecule has 1 aliphatic heterocycles. The van der Waals surface area contributed by atoms with E-state index in [1.165, 1.54) is 37.1 Å². The minimum absolute atomic E-state index is 0.0666. The lowest BCUT2D eigenvalue weighted by molar-refractivity contribution is -0.126. The van der Waals surface area contributed by atoms with Crippen LogP contribution in [-0.2, 0) is 4.79 Å². The zero-order valence-electron chi connectivity index (χ0n) is 13.1. The highest BCUT2D eigenvalue weighted by Gasteiger charge is 2.22. The first-order valence-corrected chi connectivity index (χ1v) is 8.03. The molecule has 4 nitrogen and oxygen atoms in total. The van der Waals surface area contributed by atoms with E-state index in [-0.39, 0.29) is 24.3 Å². The second-order valence-electron chi connectivity index (χ2n) is 5.94. The fourth-order valence-electron chi connectivity index (χ4n) is 2.80. The predicted octanol–water partition coefficient (Wildman–Crippen LogP) is 2.24. The van der Waals surface area contributed by atoms with Gasteiger partial charge in [0.05, 0.1) is 12.1 Å². The molecular weight excluding hydrogens is 283 g/mol. The van der Waals surface area contributed by atoms with Crippen LogP contribution in [0.4, 0.5) is 4.39 Å². The van der Waals surface area contributed by atoms with Crippen molar-refractivity contribution in [3.8, 4) is 0 Å². The zero-order chi connectivity index (χ0) is 15.9. The first-order valence-electron chi connectivity index (χ1n) is 8.03. The number of carbonyl (C=O) groups is 1. The molecule has 1 fully saturated rings. The number of aliphatic hydroxyl groups excluding tert-OH is 1. The summed E-state index contributed by atoms with van der Waals surface area (Å²) < 4.78 is 12.9. The maximum atomic E-state index is 12.9. The molecule has 0 spiro atoms. The number of benzene rings is 1. The summed E-state index contributed by atoms with van der Waals surface area (Å²) in [5.74, 6) is -0.405. The number of hydrogen-bond donors (Lipinski definition) is 2. The normalized spacial score (nSPS) is 19.2. The molecule has 0 aromatic heterocycles.